The lowest BCUT2D eigenvalue weighted by Gasteiger charge is -2.22. The van der Waals surface area contributed by atoms with Crippen LogP contribution in [0, 0.1) is 6.92 Å². The van der Waals surface area contributed by atoms with Gasteiger partial charge >= 0.3 is 5.91 Å². The first kappa shape index (κ1) is 28.4. The summed E-state index contributed by atoms with van der Waals surface area (Å²) >= 11 is 2.75. The number of Topliss-reactive ketones (excluding diaryl/α,β-unsaturated/α-hetero) is 1. The molecule has 1 fully saturated rings. The summed E-state index contributed by atoms with van der Waals surface area (Å²) in [5.74, 6) is -0.397. The van der Waals surface area contributed by atoms with E-state index in [2.05, 4.69) is 34.5 Å². The predicted octanol–water partition coefficient (Wildman–Crippen LogP) is 6.94. The van der Waals surface area contributed by atoms with E-state index in [0.717, 1.165) is 16.5 Å². The van der Waals surface area contributed by atoms with Gasteiger partial charge in [0.15, 0.2) is 15.8 Å². The third kappa shape index (κ3) is 5.35. The number of aryl methyl sites for hydroxylation is 1. The first-order valence-corrected chi connectivity index (χ1v) is 15.2. The average molecular weight is 610 g/mol. The maximum Gasteiger partial charge on any atom is 0.301 e. The van der Waals surface area contributed by atoms with Crippen LogP contribution in [0.1, 0.15) is 28.3 Å². The summed E-state index contributed by atoms with van der Waals surface area (Å²) < 4.78 is 11.4. The molecule has 0 aliphatic carbocycles. The maximum atomic E-state index is 13.6. The second-order valence-electron chi connectivity index (χ2n) is 9.93. The highest BCUT2D eigenvalue weighted by molar-refractivity contribution is 8.00. The van der Waals surface area contributed by atoms with Gasteiger partial charge in [-0.25, -0.2) is 0 Å². The second-order valence-corrected chi connectivity index (χ2v) is 12.1. The van der Waals surface area contributed by atoms with Crippen LogP contribution in [0.5, 0.6) is 11.5 Å². The molecule has 0 bridgehead atoms. The third-order valence-corrected chi connectivity index (χ3v) is 9.43. The normalized spacial score (nSPS) is 16.2. The summed E-state index contributed by atoms with van der Waals surface area (Å²) in [5.41, 5.74) is 3.11. The molecular formula is C33H27N3O5S2. The number of hydrogen-bond donors (Lipinski definition) is 1. The van der Waals surface area contributed by atoms with Crippen LogP contribution in [0.15, 0.2) is 94.8 Å². The smallest absolute Gasteiger partial charge is 0.301 e. The number of ether oxygens (including phenoxy) is 2. The molecule has 8 nitrogen and oxygen atoms in total. The number of rotatable bonds is 8. The average Bonchev–Trinajstić information content (AvgIpc) is 3.61. The lowest BCUT2D eigenvalue weighted by molar-refractivity contribution is -0.132. The fourth-order valence-corrected chi connectivity index (χ4v) is 7.02. The quantitative estimate of drug-likeness (QED) is 0.0664. The van der Waals surface area contributed by atoms with E-state index in [9.17, 15) is 14.7 Å². The number of aliphatic hydroxyl groups is 1. The highest BCUT2D eigenvalue weighted by atomic mass is 32.2. The summed E-state index contributed by atoms with van der Waals surface area (Å²) in [4.78, 5) is 28.5. The Morgan fingerprint density at radius 3 is 2.44 bits per heavy atom. The largest absolute Gasteiger partial charge is 0.507 e. The van der Waals surface area contributed by atoms with E-state index in [-0.39, 0.29) is 16.5 Å². The van der Waals surface area contributed by atoms with Crippen molar-refractivity contribution in [2.75, 3.05) is 19.1 Å². The van der Waals surface area contributed by atoms with Crippen molar-refractivity contribution in [3.8, 4) is 11.5 Å². The van der Waals surface area contributed by atoms with Crippen LogP contribution < -0.4 is 14.4 Å². The molecule has 5 aromatic rings. The van der Waals surface area contributed by atoms with Crippen molar-refractivity contribution < 1.29 is 24.2 Å². The van der Waals surface area contributed by atoms with E-state index in [1.54, 1.807) is 18.2 Å². The SMILES string of the molecule is COc1ccc(C(O)=C2C(=O)C(=O)N(c3nnc(SCc4cccc5ccccc45)s3)[C@@H]2c2ccc(C)cc2)cc1OC. The summed E-state index contributed by atoms with van der Waals surface area (Å²) in [6.07, 6.45) is 0. The zero-order valence-electron chi connectivity index (χ0n) is 23.6. The molecule has 0 spiro atoms. The number of aliphatic hydroxyl groups excluding tert-OH is 1. The summed E-state index contributed by atoms with van der Waals surface area (Å²) in [6.45, 7) is 1.95. The molecule has 216 valence electrons. The number of ketones is 1. The number of carbonyl (C=O) groups is 2. The van der Waals surface area contributed by atoms with E-state index in [0.29, 0.717) is 32.7 Å². The lowest BCUT2D eigenvalue weighted by atomic mass is 9.95. The zero-order chi connectivity index (χ0) is 30.1. The molecule has 0 radical (unpaired) electrons. The molecule has 10 heteroatoms. The summed E-state index contributed by atoms with van der Waals surface area (Å²) in [5, 5.41) is 22.8. The van der Waals surface area contributed by atoms with Crippen LogP contribution in [-0.2, 0) is 15.3 Å². The van der Waals surface area contributed by atoms with E-state index < -0.39 is 17.7 Å². The van der Waals surface area contributed by atoms with Gasteiger partial charge in [0.1, 0.15) is 5.76 Å². The maximum absolute atomic E-state index is 13.6. The predicted molar refractivity (Wildman–Crippen MR) is 169 cm³/mol. The van der Waals surface area contributed by atoms with E-state index in [1.807, 2.05) is 49.4 Å². The topological polar surface area (TPSA) is 102 Å². The Hall–Kier alpha value is -4.67. The van der Waals surface area contributed by atoms with E-state index >= 15 is 0 Å². The molecule has 43 heavy (non-hydrogen) atoms. The van der Waals surface area contributed by atoms with E-state index in [4.69, 9.17) is 9.47 Å². The number of aromatic nitrogens is 2. The van der Waals surface area contributed by atoms with Crippen molar-refractivity contribution in [2.45, 2.75) is 23.1 Å². The molecular weight excluding hydrogens is 583 g/mol. The number of benzene rings is 4. The van der Waals surface area contributed by atoms with Gasteiger partial charge in [0.25, 0.3) is 5.78 Å². The van der Waals surface area contributed by atoms with Crippen molar-refractivity contribution >= 4 is 56.5 Å². The van der Waals surface area contributed by atoms with E-state index in [1.165, 1.54) is 47.6 Å². The molecule has 1 aliphatic rings. The van der Waals surface area contributed by atoms with Gasteiger partial charge in [-0.05, 0) is 47.0 Å². The molecule has 4 aromatic carbocycles. The van der Waals surface area contributed by atoms with Crippen LogP contribution in [0.2, 0.25) is 0 Å². The van der Waals surface area contributed by atoms with Crippen molar-refractivity contribution in [2.24, 2.45) is 0 Å². The van der Waals surface area contributed by atoms with Crippen LogP contribution in [0.25, 0.3) is 16.5 Å². The van der Waals surface area contributed by atoms with Crippen LogP contribution in [-0.4, -0.2) is 41.2 Å². The number of fused-ring (bicyclic) bond motifs is 1. The molecule has 1 N–H and O–H groups in total. The monoisotopic (exact) mass is 609 g/mol. The van der Waals surface area contributed by atoms with Gasteiger partial charge < -0.3 is 14.6 Å². The number of hydrogen-bond acceptors (Lipinski definition) is 9. The Morgan fingerprint density at radius 2 is 1.67 bits per heavy atom. The molecule has 0 unspecified atom stereocenters. The van der Waals surface area contributed by atoms with Gasteiger partial charge in [0, 0.05) is 11.3 Å². The Labute approximate surface area is 256 Å². The lowest BCUT2D eigenvalue weighted by Crippen LogP contribution is -2.29. The molecule has 1 aliphatic heterocycles. The Balaban J connectivity index is 1.38. The van der Waals surface area contributed by atoms with Crippen molar-refractivity contribution in [3.05, 3.63) is 113 Å². The Morgan fingerprint density at radius 1 is 0.930 bits per heavy atom. The molecule has 6 rings (SSSR count). The first-order valence-electron chi connectivity index (χ1n) is 13.4. The summed E-state index contributed by atoms with van der Waals surface area (Å²) in [6, 6.07) is 25.8. The van der Waals surface area contributed by atoms with Gasteiger partial charge in [-0.15, -0.1) is 10.2 Å². The number of nitrogens with zero attached hydrogens (tertiary/aromatic N) is 3. The standard InChI is InChI=1S/C33H27N3O5S2/c1-19-11-13-21(14-12-19)28-27(29(37)22-15-16-25(40-2)26(17-22)41-3)30(38)31(39)36(28)32-34-35-33(43-32)42-18-23-9-6-8-20-7-4-5-10-24(20)23/h4-17,28,37H,18H2,1-3H3/t28-/m1/s1. The van der Waals surface area contributed by atoms with Crippen molar-refractivity contribution in [1.29, 1.82) is 0 Å². The number of anilines is 1. The molecule has 1 amide bonds. The number of thioether (sulfide) groups is 1. The molecule has 1 saturated heterocycles. The van der Waals surface area contributed by atoms with Gasteiger partial charge in [0.2, 0.25) is 5.13 Å². The minimum absolute atomic E-state index is 0.0405. The van der Waals surface area contributed by atoms with Gasteiger partial charge in [0.05, 0.1) is 25.8 Å². The first-order chi connectivity index (χ1) is 20.9. The fraction of sp³-hybridized carbons (Fsp3) is 0.152. The van der Waals surface area contributed by atoms with Gasteiger partial charge in [-0.2, -0.15) is 0 Å². The minimum Gasteiger partial charge on any atom is -0.507 e. The van der Waals surface area contributed by atoms with Crippen molar-refractivity contribution in [1.82, 2.24) is 10.2 Å². The van der Waals surface area contributed by atoms with Crippen LogP contribution in [0.3, 0.4) is 0 Å². The Kier molecular flexibility index (Phi) is 7.88. The Bertz CT molecular complexity index is 1880. The molecule has 1 aromatic heterocycles. The highest BCUT2D eigenvalue weighted by Gasteiger charge is 2.48. The zero-order valence-corrected chi connectivity index (χ0v) is 25.2. The van der Waals surface area contributed by atoms with Crippen molar-refractivity contribution in [3.63, 3.8) is 0 Å². The summed E-state index contributed by atoms with van der Waals surface area (Å²) in [7, 11) is 3.00. The van der Waals surface area contributed by atoms with Crippen LogP contribution >= 0.6 is 23.1 Å². The second kappa shape index (κ2) is 11.9. The molecule has 2 heterocycles. The molecule has 0 saturated carbocycles. The number of amides is 1. The van der Waals surface area contributed by atoms with Gasteiger partial charge in [-0.3, -0.25) is 14.5 Å². The minimum atomic E-state index is -0.905. The van der Waals surface area contributed by atoms with Gasteiger partial charge in [-0.1, -0.05) is 95.4 Å². The number of methoxy groups -OCH3 is 2. The molecule has 1 atom stereocenters. The fourth-order valence-electron chi connectivity index (χ4n) is 5.15. The third-order valence-electron chi connectivity index (χ3n) is 7.33. The van der Waals surface area contributed by atoms with Crippen LogP contribution in [0.4, 0.5) is 5.13 Å². The number of carbonyl (C=O) groups excluding carboxylic acids is 2. The highest BCUT2D eigenvalue weighted by Crippen LogP contribution is 2.45.